The number of ether oxygens (including phenoxy) is 1. The quantitative estimate of drug-likeness (QED) is 0.777. The first-order chi connectivity index (χ1) is 14.0. The van der Waals surface area contributed by atoms with Crippen molar-refractivity contribution < 1.29 is 13.9 Å². The van der Waals surface area contributed by atoms with Crippen LogP contribution in [-0.4, -0.2) is 61.7 Å². The molecule has 1 atom stereocenters. The van der Waals surface area contributed by atoms with Crippen LogP contribution in [0.15, 0.2) is 48.5 Å². The molecule has 1 fully saturated rings. The maximum atomic E-state index is 13.8. The predicted molar refractivity (Wildman–Crippen MR) is 113 cm³/mol. The number of urea groups is 1. The molecule has 29 heavy (non-hydrogen) atoms. The van der Waals surface area contributed by atoms with Gasteiger partial charge in [-0.1, -0.05) is 30.3 Å². The van der Waals surface area contributed by atoms with Crippen LogP contribution in [0.1, 0.15) is 18.1 Å². The number of hydrogen-bond acceptors (Lipinski definition) is 3. The third-order valence-corrected chi connectivity index (χ3v) is 5.39. The first-order valence-corrected chi connectivity index (χ1v) is 10.2. The van der Waals surface area contributed by atoms with Crippen molar-refractivity contribution in [1.29, 1.82) is 0 Å². The van der Waals surface area contributed by atoms with Gasteiger partial charge in [-0.05, 0) is 49.1 Å². The molecule has 1 saturated heterocycles. The van der Waals surface area contributed by atoms with E-state index >= 15 is 0 Å². The van der Waals surface area contributed by atoms with Crippen molar-refractivity contribution in [1.82, 2.24) is 15.1 Å². The summed E-state index contributed by atoms with van der Waals surface area (Å²) in [7, 11) is 1.67. The molecule has 1 heterocycles. The number of halogens is 1. The number of amides is 2. The van der Waals surface area contributed by atoms with Gasteiger partial charge in [0.2, 0.25) is 0 Å². The number of nitrogens with zero attached hydrogens (tertiary/aromatic N) is 2. The number of nitrogens with one attached hydrogen (secondary N) is 1. The van der Waals surface area contributed by atoms with Crippen LogP contribution >= 0.6 is 0 Å². The third kappa shape index (κ3) is 6.19. The largest absolute Gasteiger partial charge is 0.497 e. The lowest BCUT2D eigenvalue weighted by Crippen LogP contribution is -2.53. The number of carbonyl (C=O) groups excluding carboxylic acids is 1. The first kappa shape index (κ1) is 21.1. The number of carbonyl (C=O) groups is 1. The Morgan fingerprint density at radius 1 is 1.10 bits per heavy atom. The van der Waals surface area contributed by atoms with E-state index in [0.29, 0.717) is 25.1 Å². The molecule has 0 radical (unpaired) electrons. The van der Waals surface area contributed by atoms with E-state index in [1.165, 1.54) is 11.6 Å². The van der Waals surface area contributed by atoms with Crippen LogP contribution in [-0.2, 0) is 12.8 Å². The molecule has 0 bridgehead atoms. The van der Waals surface area contributed by atoms with E-state index < -0.39 is 0 Å². The number of rotatable bonds is 7. The minimum Gasteiger partial charge on any atom is -0.497 e. The van der Waals surface area contributed by atoms with Gasteiger partial charge in [0.25, 0.3) is 0 Å². The maximum Gasteiger partial charge on any atom is 0.317 e. The van der Waals surface area contributed by atoms with Crippen molar-refractivity contribution in [3.05, 3.63) is 65.5 Å². The fraction of sp³-hybridized carbons (Fsp3) is 0.435. The average Bonchev–Trinajstić information content (AvgIpc) is 2.74. The van der Waals surface area contributed by atoms with E-state index in [1.54, 1.807) is 19.2 Å². The lowest BCUT2D eigenvalue weighted by Gasteiger charge is -2.35. The summed E-state index contributed by atoms with van der Waals surface area (Å²) < 4.78 is 19.0. The molecular weight excluding hydrogens is 369 g/mol. The Morgan fingerprint density at radius 3 is 2.45 bits per heavy atom. The molecule has 1 aliphatic rings. The van der Waals surface area contributed by atoms with Crippen LogP contribution in [0, 0.1) is 5.82 Å². The first-order valence-electron chi connectivity index (χ1n) is 10.2. The van der Waals surface area contributed by atoms with E-state index in [1.807, 2.05) is 30.0 Å². The zero-order chi connectivity index (χ0) is 20.6. The minimum atomic E-state index is -0.223. The summed E-state index contributed by atoms with van der Waals surface area (Å²) in [6.45, 7) is 6.04. The molecule has 0 spiro atoms. The minimum absolute atomic E-state index is 0.0661. The highest BCUT2D eigenvalue weighted by molar-refractivity contribution is 5.74. The van der Waals surface area contributed by atoms with Crippen LogP contribution in [0.3, 0.4) is 0 Å². The van der Waals surface area contributed by atoms with Crippen LogP contribution in [0.2, 0.25) is 0 Å². The summed E-state index contributed by atoms with van der Waals surface area (Å²) in [6, 6.07) is 14.7. The number of hydrogen-bond donors (Lipinski definition) is 1. The predicted octanol–water partition coefficient (Wildman–Crippen LogP) is 3.34. The number of piperazine rings is 1. The third-order valence-electron chi connectivity index (χ3n) is 5.39. The molecule has 0 aliphatic carbocycles. The lowest BCUT2D eigenvalue weighted by atomic mass is 10.1. The van der Waals surface area contributed by atoms with Crippen LogP contribution in [0.4, 0.5) is 9.18 Å². The van der Waals surface area contributed by atoms with Crippen molar-refractivity contribution in [3.8, 4) is 5.75 Å². The highest BCUT2D eigenvalue weighted by Crippen LogP contribution is 2.13. The summed E-state index contributed by atoms with van der Waals surface area (Å²) in [4.78, 5) is 16.8. The average molecular weight is 400 g/mol. The Kier molecular flexibility index (Phi) is 7.47. The molecule has 2 aromatic carbocycles. The summed E-state index contributed by atoms with van der Waals surface area (Å²) in [6.07, 6.45) is 1.47. The van der Waals surface area contributed by atoms with Crippen molar-refractivity contribution in [2.24, 2.45) is 0 Å². The Balaban J connectivity index is 1.39. The second kappa shape index (κ2) is 10.3. The van der Waals surface area contributed by atoms with Gasteiger partial charge in [0.05, 0.1) is 7.11 Å². The second-order valence-corrected chi connectivity index (χ2v) is 7.57. The summed E-state index contributed by atoms with van der Waals surface area (Å²) in [5, 5.41) is 3.00. The smallest absolute Gasteiger partial charge is 0.317 e. The van der Waals surface area contributed by atoms with E-state index in [2.05, 4.69) is 22.3 Å². The van der Waals surface area contributed by atoms with Gasteiger partial charge in [0.15, 0.2) is 0 Å². The molecule has 2 aromatic rings. The molecule has 0 saturated carbocycles. The Labute approximate surface area is 172 Å². The topological polar surface area (TPSA) is 44.8 Å². The monoisotopic (exact) mass is 399 g/mol. The van der Waals surface area contributed by atoms with E-state index in [-0.39, 0.29) is 17.9 Å². The van der Waals surface area contributed by atoms with Crippen LogP contribution < -0.4 is 10.1 Å². The molecule has 156 valence electrons. The summed E-state index contributed by atoms with van der Waals surface area (Å²) >= 11 is 0. The second-order valence-electron chi connectivity index (χ2n) is 7.57. The fourth-order valence-corrected chi connectivity index (χ4v) is 3.60. The van der Waals surface area contributed by atoms with Gasteiger partial charge >= 0.3 is 6.03 Å². The molecule has 1 aliphatic heterocycles. The van der Waals surface area contributed by atoms with Gasteiger partial charge in [0, 0.05) is 38.8 Å². The molecule has 3 rings (SSSR count). The van der Waals surface area contributed by atoms with Crippen LogP contribution in [0.5, 0.6) is 5.75 Å². The van der Waals surface area contributed by atoms with Crippen molar-refractivity contribution in [3.63, 3.8) is 0 Å². The van der Waals surface area contributed by atoms with Crippen molar-refractivity contribution in [2.75, 3.05) is 39.8 Å². The van der Waals surface area contributed by atoms with Gasteiger partial charge in [-0.2, -0.15) is 0 Å². The van der Waals surface area contributed by atoms with Crippen molar-refractivity contribution in [2.45, 2.75) is 25.8 Å². The van der Waals surface area contributed by atoms with Gasteiger partial charge in [-0.25, -0.2) is 9.18 Å². The zero-order valence-corrected chi connectivity index (χ0v) is 17.2. The fourth-order valence-electron chi connectivity index (χ4n) is 3.60. The van der Waals surface area contributed by atoms with Crippen molar-refractivity contribution >= 4 is 6.03 Å². The van der Waals surface area contributed by atoms with Gasteiger partial charge in [0.1, 0.15) is 11.6 Å². The van der Waals surface area contributed by atoms with Crippen LogP contribution in [0.25, 0.3) is 0 Å². The summed E-state index contributed by atoms with van der Waals surface area (Å²) in [5.41, 5.74) is 1.91. The molecule has 0 aromatic heterocycles. The number of benzene rings is 2. The molecule has 5 nitrogen and oxygen atoms in total. The highest BCUT2D eigenvalue weighted by Gasteiger charge is 2.22. The van der Waals surface area contributed by atoms with Gasteiger partial charge < -0.3 is 15.0 Å². The maximum absolute atomic E-state index is 13.8. The standard InChI is InChI=1S/C23H30FN3O2/c1-18(17-20-5-3-4-6-22(20)24)25-23(28)27-15-13-26(14-16-27)12-11-19-7-9-21(29-2)10-8-19/h3-10,18H,11-17H2,1-2H3,(H,25,28). The molecule has 2 amide bonds. The van der Waals surface area contributed by atoms with E-state index in [0.717, 1.165) is 31.8 Å². The van der Waals surface area contributed by atoms with Gasteiger partial charge in [-0.3, -0.25) is 4.90 Å². The van der Waals surface area contributed by atoms with E-state index in [4.69, 9.17) is 4.74 Å². The normalized spacial score (nSPS) is 15.8. The van der Waals surface area contributed by atoms with E-state index in [9.17, 15) is 9.18 Å². The number of methoxy groups -OCH3 is 1. The van der Waals surface area contributed by atoms with Gasteiger partial charge in [-0.15, -0.1) is 0 Å². The molecular formula is C23H30FN3O2. The Hall–Kier alpha value is -2.60. The zero-order valence-electron chi connectivity index (χ0n) is 17.2. The highest BCUT2D eigenvalue weighted by atomic mass is 19.1. The molecule has 1 N–H and O–H groups in total. The molecule has 6 heteroatoms. The Morgan fingerprint density at radius 2 is 1.79 bits per heavy atom. The Bertz CT molecular complexity index is 789. The summed E-state index contributed by atoms with van der Waals surface area (Å²) in [5.74, 6) is 0.650. The molecule has 1 unspecified atom stereocenters. The lowest BCUT2D eigenvalue weighted by molar-refractivity contribution is 0.138. The SMILES string of the molecule is COc1ccc(CCN2CCN(C(=O)NC(C)Cc3ccccc3F)CC2)cc1.